The van der Waals surface area contributed by atoms with Crippen molar-refractivity contribution in [3.63, 3.8) is 0 Å². The summed E-state index contributed by atoms with van der Waals surface area (Å²) in [6.07, 6.45) is 1.13. The van der Waals surface area contributed by atoms with Gasteiger partial charge in [-0.2, -0.15) is 0 Å². The Morgan fingerprint density at radius 3 is 2.10 bits per heavy atom. The maximum absolute atomic E-state index is 11.4. The molecule has 9 nitrogen and oxygen atoms in total. The van der Waals surface area contributed by atoms with Gasteiger partial charge in [-0.25, -0.2) is 9.59 Å². The normalized spacial score (nSPS) is 11.4. The zero-order chi connectivity index (χ0) is 15.5. The minimum Gasteiger partial charge on any atom is -0.480 e. The number of carbonyl (C=O) groups is 4. The van der Waals surface area contributed by atoms with Gasteiger partial charge in [-0.1, -0.05) is 0 Å². The van der Waals surface area contributed by atoms with Gasteiger partial charge in [0.2, 0.25) is 11.8 Å². The molecular formula is C11H20N4O5. The Morgan fingerprint density at radius 2 is 1.60 bits per heavy atom. The molecule has 0 aromatic carbocycles. The number of unbranched alkanes of at least 4 members (excludes halogenated alkanes) is 1. The summed E-state index contributed by atoms with van der Waals surface area (Å²) in [6, 6.07) is -1.82. The van der Waals surface area contributed by atoms with Crippen molar-refractivity contribution in [2.45, 2.75) is 38.1 Å². The molecule has 0 rings (SSSR count). The number of nitrogens with one attached hydrogen (secondary N) is 2. The first-order chi connectivity index (χ1) is 9.32. The van der Waals surface area contributed by atoms with Crippen molar-refractivity contribution in [3.8, 4) is 0 Å². The standard InChI is InChI=1S/C11H20N4O5/c12-8(16)3-1-2-6-14-11(20)15-7(10(18)19)4-5-9(13)17/h7H,1-6H2,(H2,12,16)(H2,13,17)(H,18,19)(H2,14,15,20). The lowest BCUT2D eigenvalue weighted by molar-refractivity contribution is -0.139. The fourth-order valence-electron chi connectivity index (χ4n) is 1.38. The monoisotopic (exact) mass is 288 g/mol. The van der Waals surface area contributed by atoms with E-state index in [0.29, 0.717) is 19.4 Å². The molecule has 0 aromatic heterocycles. The molecule has 0 heterocycles. The van der Waals surface area contributed by atoms with Crippen LogP contribution in [0, 0.1) is 0 Å². The van der Waals surface area contributed by atoms with Crippen molar-refractivity contribution in [1.82, 2.24) is 10.6 Å². The summed E-state index contributed by atoms with van der Waals surface area (Å²) < 4.78 is 0. The lowest BCUT2D eigenvalue weighted by Gasteiger charge is -2.14. The van der Waals surface area contributed by atoms with Gasteiger partial charge in [0.1, 0.15) is 6.04 Å². The zero-order valence-electron chi connectivity index (χ0n) is 11.1. The summed E-state index contributed by atoms with van der Waals surface area (Å²) in [4.78, 5) is 43.3. The van der Waals surface area contributed by atoms with Crippen LogP contribution in [0.3, 0.4) is 0 Å². The van der Waals surface area contributed by atoms with E-state index in [0.717, 1.165) is 0 Å². The number of aliphatic carboxylic acids is 1. The summed E-state index contributed by atoms with van der Waals surface area (Å²) in [5.74, 6) is -2.29. The minimum atomic E-state index is -1.24. The van der Waals surface area contributed by atoms with Gasteiger partial charge in [0.15, 0.2) is 0 Å². The number of primary amides is 2. The highest BCUT2D eigenvalue weighted by molar-refractivity contribution is 5.83. The van der Waals surface area contributed by atoms with Crippen LogP contribution in [0.5, 0.6) is 0 Å². The number of carbonyl (C=O) groups excluding carboxylic acids is 3. The summed E-state index contributed by atoms with van der Waals surface area (Å²) >= 11 is 0. The Morgan fingerprint density at radius 1 is 1.00 bits per heavy atom. The molecule has 0 aromatic rings. The number of hydrogen-bond acceptors (Lipinski definition) is 4. The fraction of sp³-hybridized carbons (Fsp3) is 0.636. The third-order valence-corrected chi connectivity index (χ3v) is 2.42. The first-order valence-electron chi connectivity index (χ1n) is 6.16. The Hall–Kier alpha value is -2.32. The van der Waals surface area contributed by atoms with Crippen molar-refractivity contribution in [1.29, 1.82) is 0 Å². The van der Waals surface area contributed by atoms with E-state index in [9.17, 15) is 19.2 Å². The van der Waals surface area contributed by atoms with Gasteiger partial charge in [-0.3, -0.25) is 9.59 Å². The largest absolute Gasteiger partial charge is 0.480 e. The van der Waals surface area contributed by atoms with Crippen LogP contribution in [0.1, 0.15) is 32.1 Å². The highest BCUT2D eigenvalue weighted by Gasteiger charge is 2.20. The average Bonchev–Trinajstić information content (AvgIpc) is 2.32. The van der Waals surface area contributed by atoms with Crippen LogP contribution in [-0.4, -0.2) is 41.5 Å². The van der Waals surface area contributed by atoms with E-state index < -0.39 is 29.9 Å². The number of hydrogen-bond donors (Lipinski definition) is 5. The number of carboxylic acid groups (broad SMARTS) is 1. The highest BCUT2D eigenvalue weighted by Crippen LogP contribution is 1.97. The first kappa shape index (κ1) is 17.7. The maximum Gasteiger partial charge on any atom is 0.326 e. The third kappa shape index (κ3) is 9.68. The van der Waals surface area contributed by atoms with Crippen LogP contribution >= 0.6 is 0 Å². The van der Waals surface area contributed by atoms with E-state index >= 15 is 0 Å². The van der Waals surface area contributed by atoms with Crippen LogP contribution in [0.25, 0.3) is 0 Å². The van der Waals surface area contributed by atoms with E-state index in [-0.39, 0.29) is 19.3 Å². The molecule has 0 saturated carbocycles. The molecule has 4 amide bonds. The Balaban J connectivity index is 3.92. The van der Waals surface area contributed by atoms with Gasteiger partial charge in [0, 0.05) is 19.4 Å². The number of rotatable bonds is 10. The molecule has 9 heteroatoms. The smallest absolute Gasteiger partial charge is 0.326 e. The second-order valence-corrected chi connectivity index (χ2v) is 4.22. The van der Waals surface area contributed by atoms with Crippen LogP contribution in [0.2, 0.25) is 0 Å². The van der Waals surface area contributed by atoms with Gasteiger partial charge in [-0.15, -0.1) is 0 Å². The van der Waals surface area contributed by atoms with Crippen LogP contribution in [0.4, 0.5) is 4.79 Å². The fourth-order valence-corrected chi connectivity index (χ4v) is 1.38. The second-order valence-electron chi connectivity index (χ2n) is 4.22. The predicted octanol–water partition coefficient (Wildman–Crippen LogP) is -1.34. The average molecular weight is 288 g/mol. The van der Waals surface area contributed by atoms with E-state index in [1.165, 1.54) is 0 Å². The molecule has 7 N–H and O–H groups in total. The summed E-state index contributed by atoms with van der Waals surface area (Å²) in [7, 11) is 0. The Labute approximate surface area is 116 Å². The van der Waals surface area contributed by atoms with E-state index in [1.807, 2.05) is 0 Å². The van der Waals surface area contributed by atoms with Crippen molar-refractivity contribution in [3.05, 3.63) is 0 Å². The van der Waals surface area contributed by atoms with Crippen molar-refractivity contribution >= 4 is 23.8 Å². The zero-order valence-corrected chi connectivity index (χ0v) is 11.1. The summed E-state index contributed by atoms with van der Waals surface area (Å²) in [5.41, 5.74) is 9.86. The predicted molar refractivity (Wildman–Crippen MR) is 69.4 cm³/mol. The molecule has 0 bridgehead atoms. The van der Waals surface area contributed by atoms with E-state index in [4.69, 9.17) is 16.6 Å². The molecule has 0 aliphatic rings. The molecule has 1 unspecified atom stereocenters. The molecule has 0 saturated heterocycles. The van der Waals surface area contributed by atoms with Crippen LogP contribution < -0.4 is 22.1 Å². The summed E-state index contributed by atoms with van der Waals surface area (Å²) in [5, 5.41) is 13.5. The highest BCUT2D eigenvalue weighted by atomic mass is 16.4. The molecule has 0 aliphatic heterocycles. The second kappa shape index (κ2) is 9.59. The Bertz CT molecular complexity index is 372. The van der Waals surface area contributed by atoms with Crippen molar-refractivity contribution in [2.75, 3.05) is 6.54 Å². The SMILES string of the molecule is NC(=O)CCCCNC(=O)NC(CCC(N)=O)C(=O)O. The van der Waals surface area contributed by atoms with Gasteiger partial charge in [0.05, 0.1) is 0 Å². The maximum atomic E-state index is 11.4. The lowest BCUT2D eigenvalue weighted by Crippen LogP contribution is -2.46. The third-order valence-electron chi connectivity index (χ3n) is 2.42. The Kier molecular flexibility index (Phi) is 8.48. The van der Waals surface area contributed by atoms with E-state index in [2.05, 4.69) is 10.6 Å². The number of urea groups is 1. The molecular weight excluding hydrogens is 268 g/mol. The molecule has 0 fully saturated rings. The van der Waals surface area contributed by atoms with Gasteiger partial charge in [-0.05, 0) is 19.3 Å². The minimum absolute atomic E-state index is 0.0697. The molecule has 20 heavy (non-hydrogen) atoms. The number of carboxylic acids is 1. The van der Waals surface area contributed by atoms with Gasteiger partial charge in [0.25, 0.3) is 0 Å². The molecule has 0 radical (unpaired) electrons. The van der Waals surface area contributed by atoms with E-state index in [1.54, 1.807) is 0 Å². The molecule has 0 spiro atoms. The quantitative estimate of drug-likeness (QED) is 0.313. The van der Waals surface area contributed by atoms with Crippen LogP contribution in [0.15, 0.2) is 0 Å². The van der Waals surface area contributed by atoms with Crippen molar-refractivity contribution in [2.24, 2.45) is 11.5 Å². The molecule has 1 atom stereocenters. The van der Waals surface area contributed by atoms with Crippen molar-refractivity contribution < 1.29 is 24.3 Å². The van der Waals surface area contributed by atoms with Gasteiger partial charge >= 0.3 is 12.0 Å². The molecule has 0 aliphatic carbocycles. The topological polar surface area (TPSA) is 165 Å². The number of amides is 4. The first-order valence-corrected chi connectivity index (χ1v) is 6.16. The molecule has 114 valence electrons. The van der Waals surface area contributed by atoms with Crippen LogP contribution in [-0.2, 0) is 14.4 Å². The lowest BCUT2D eigenvalue weighted by atomic mass is 10.1. The number of nitrogens with two attached hydrogens (primary N) is 2. The summed E-state index contributed by atoms with van der Waals surface area (Å²) in [6.45, 7) is 0.293. The van der Waals surface area contributed by atoms with Gasteiger partial charge < -0.3 is 27.2 Å².